The minimum absolute atomic E-state index is 0.357. The zero-order chi connectivity index (χ0) is 13.9. The van der Waals surface area contributed by atoms with E-state index in [9.17, 15) is 5.11 Å². The molecule has 2 heteroatoms. The molecule has 2 rings (SSSR count). The molecule has 1 aromatic rings. The average Bonchev–Trinajstić information content (AvgIpc) is 2.37. The fraction of sp³-hybridized carbons (Fsp3) is 0.647. The maximum Gasteiger partial charge on any atom is 0.115 e. The Bertz CT molecular complexity index is 386. The van der Waals surface area contributed by atoms with Crippen LogP contribution in [0.15, 0.2) is 24.3 Å². The van der Waals surface area contributed by atoms with Gasteiger partial charge in [-0.15, -0.1) is 0 Å². The molecule has 1 unspecified atom stereocenters. The summed E-state index contributed by atoms with van der Waals surface area (Å²) in [5.74, 6) is 0.357. The molecule has 1 aliphatic rings. The third-order valence-electron chi connectivity index (χ3n) is 4.56. The topological polar surface area (TPSA) is 23.5 Å². The standard InChI is InChI=1S/C17H27NO/c1-14(18-12-10-17(2,3)11-13-18)4-5-15-6-8-16(19)9-7-15/h6-9,14,19H,4-5,10-13H2,1-3H3. The van der Waals surface area contributed by atoms with Gasteiger partial charge < -0.3 is 10.0 Å². The Morgan fingerprint density at radius 3 is 2.32 bits per heavy atom. The summed E-state index contributed by atoms with van der Waals surface area (Å²) in [5.41, 5.74) is 1.86. The number of nitrogens with zero attached hydrogens (tertiary/aromatic N) is 1. The highest BCUT2D eigenvalue weighted by Crippen LogP contribution is 2.31. The van der Waals surface area contributed by atoms with Crippen LogP contribution in [-0.2, 0) is 6.42 Å². The molecule has 0 aromatic heterocycles. The van der Waals surface area contributed by atoms with Gasteiger partial charge in [0, 0.05) is 6.04 Å². The molecule has 1 saturated heterocycles. The molecule has 1 aromatic carbocycles. The van der Waals surface area contributed by atoms with E-state index < -0.39 is 0 Å². The van der Waals surface area contributed by atoms with Crippen molar-refractivity contribution in [1.82, 2.24) is 4.90 Å². The molecule has 0 saturated carbocycles. The molecule has 1 atom stereocenters. The summed E-state index contributed by atoms with van der Waals surface area (Å²) in [6.45, 7) is 9.59. The van der Waals surface area contributed by atoms with E-state index in [0.29, 0.717) is 17.2 Å². The lowest BCUT2D eigenvalue weighted by Gasteiger charge is -2.40. The predicted molar refractivity (Wildman–Crippen MR) is 80.5 cm³/mol. The summed E-state index contributed by atoms with van der Waals surface area (Å²) >= 11 is 0. The Hall–Kier alpha value is -1.02. The number of aryl methyl sites for hydroxylation is 1. The zero-order valence-electron chi connectivity index (χ0n) is 12.5. The van der Waals surface area contributed by atoms with Gasteiger partial charge in [-0.3, -0.25) is 0 Å². The first kappa shape index (κ1) is 14.4. The molecular weight excluding hydrogens is 234 g/mol. The van der Waals surface area contributed by atoms with Gasteiger partial charge in [-0.25, -0.2) is 0 Å². The lowest BCUT2D eigenvalue weighted by molar-refractivity contribution is 0.0970. The van der Waals surface area contributed by atoms with Crippen molar-refractivity contribution in [2.24, 2.45) is 5.41 Å². The van der Waals surface area contributed by atoms with E-state index in [1.54, 1.807) is 12.1 Å². The third kappa shape index (κ3) is 4.24. The molecule has 106 valence electrons. The highest BCUT2D eigenvalue weighted by molar-refractivity contribution is 5.25. The summed E-state index contributed by atoms with van der Waals surface area (Å²) in [6.07, 6.45) is 4.93. The van der Waals surface area contributed by atoms with Gasteiger partial charge in [-0.1, -0.05) is 26.0 Å². The van der Waals surface area contributed by atoms with Crippen LogP contribution < -0.4 is 0 Å². The third-order valence-corrected chi connectivity index (χ3v) is 4.56. The average molecular weight is 261 g/mol. The van der Waals surface area contributed by atoms with Crippen molar-refractivity contribution in [3.8, 4) is 5.75 Å². The maximum atomic E-state index is 9.28. The van der Waals surface area contributed by atoms with Crippen molar-refractivity contribution in [2.75, 3.05) is 13.1 Å². The monoisotopic (exact) mass is 261 g/mol. The SMILES string of the molecule is CC(CCc1ccc(O)cc1)N1CCC(C)(C)CC1. The van der Waals surface area contributed by atoms with Crippen molar-refractivity contribution >= 4 is 0 Å². The molecule has 0 spiro atoms. The second-order valence-corrected chi connectivity index (χ2v) is 6.75. The molecular formula is C17H27NO. The van der Waals surface area contributed by atoms with Gasteiger partial charge in [0.05, 0.1) is 0 Å². The fourth-order valence-electron chi connectivity index (χ4n) is 2.79. The van der Waals surface area contributed by atoms with Crippen LogP contribution in [0.1, 0.15) is 45.6 Å². The Kier molecular flexibility index (Phi) is 4.51. The van der Waals surface area contributed by atoms with E-state index in [1.165, 1.54) is 37.9 Å². The normalized spacial score (nSPS) is 21.2. The molecule has 2 nitrogen and oxygen atoms in total. The minimum atomic E-state index is 0.357. The molecule has 0 amide bonds. The minimum Gasteiger partial charge on any atom is -0.508 e. The smallest absolute Gasteiger partial charge is 0.115 e. The van der Waals surface area contributed by atoms with E-state index in [1.807, 2.05) is 12.1 Å². The van der Waals surface area contributed by atoms with Crippen molar-refractivity contribution in [3.63, 3.8) is 0 Å². The van der Waals surface area contributed by atoms with Gasteiger partial charge in [-0.05, 0) is 68.8 Å². The molecule has 0 bridgehead atoms. The van der Waals surface area contributed by atoms with E-state index >= 15 is 0 Å². The number of rotatable bonds is 4. The summed E-state index contributed by atoms with van der Waals surface area (Å²) in [5, 5.41) is 9.28. The Morgan fingerprint density at radius 1 is 1.16 bits per heavy atom. The zero-order valence-corrected chi connectivity index (χ0v) is 12.5. The molecule has 1 heterocycles. The number of hydrogen-bond donors (Lipinski definition) is 1. The van der Waals surface area contributed by atoms with E-state index in [4.69, 9.17) is 0 Å². The van der Waals surface area contributed by atoms with Crippen molar-refractivity contribution in [1.29, 1.82) is 0 Å². The van der Waals surface area contributed by atoms with Crippen LogP contribution >= 0.6 is 0 Å². The summed E-state index contributed by atoms with van der Waals surface area (Å²) < 4.78 is 0. The molecule has 1 aliphatic heterocycles. The molecule has 1 N–H and O–H groups in total. The quantitative estimate of drug-likeness (QED) is 0.890. The second-order valence-electron chi connectivity index (χ2n) is 6.75. The first-order valence-corrected chi connectivity index (χ1v) is 7.48. The van der Waals surface area contributed by atoms with Gasteiger partial charge in [-0.2, -0.15) is 0 Å². The largest absolute Gasteiger partial charge is 0.508 e. The Morgan fingerprint density at radius 2 is 1.74 bits per heavy atom. The number of benzene rings is 1. The van der Waals surface area contributed by atoms with Gasteiger partial charge in [0.15, 0.2) is 0 Å². The van der Waals surface area contributed by atoms with Gasteiger partial charge in [0.25, 0.3) is 0 Å². The number of phenolic OH excluding ortho intramolecular Hbond substituents is 1. The highest BCUT2D eigenvalue weighted by atomic mass is 16.3. The molecule has 0 aliphatic carbocycles. The first-order valence-electron chi connectivity index (χ1n) is 7.48. The van der Waals surface area contributed by atoms with Crippen LogP contribution in [0.5, 0.6) is 5.75 Å². The Labute approximate surface area is 117 Å². The fourth-order valence-corrected chi connectivity index (χ4v) is 2.79. The number of aromatic hydroxyl groups is 1. The van der Waals surface area contributed by atoms with E-state index in [0.717, 1.165) is 6.42 Å². The lowest BCUT2D eigenvalue weighted by Crippen LogP contribution is -2.42. The predicted octanol–water partition coefficient (Wildman–Crippen LogP) is 3.84. The van der Waals surface area contributed by atoms with Crippen LogP contribution in [0, 0.1) is 5.41 Å². The van der Waals surface area contributed by atoms with Crippen LogP contribution in [-0.4, -0.2) is 29.1 Å². The maximum absolute atomic E-state index is 9.28. The van der Waals surface area contributed by atoms with E-state index in [-0.39, 0.29) is 0 Å². The van der Waals surface area contributed by atoms with Crippen LogP contribution in [0.4, 0.5) is 0 Å². The van der Waals surface area contributed by atoms with Crippen LogP contribution in [0.2, 0.25) is 0 Å². The van der Waals surface area contributed by atoms with Crippen molar-refractivity contribution < 1.29 is 5.11 Å². The van der Waals surface area contributed by atoms with Gasteiger partial charge >= 0.3 is 0 Å². The summed E-state index contributed by atoms with van der Waals surface area (Å²) in [6, 6.07) is 8.28. The number of hydrogen-bond acceptors (Lipinski definition) is 2. The number of phenols is 1. The molecule has 19 heavy (non-hydrogen) atoms. The van der Waals surface area contributed by atoms with E-state index in [2.05, 4.69) is 25.7 Å². The van der Waals surface area contributed by atoms with Crippen LogP contribution in [0.25, 0.3) is 0 Å². The van der Waals surface area contributed by atoms with Gasteiger partial charge in [0.2, 0.25) is 0 Å². The second kappa shape index (κ2) is 5.96. The van der Waals surface area contributed by atoms with Crippen molar-refractivity contribution in [2.45, 2.75) is 52.5 Å². The first-order chi connectivity index (χ1) is 8.96. The number of likely N-dealkylation sites (tertiary alicyclic amines) is 1. The molecule has 1 fully saturated rings. The summed E-state index contributed by atoms with van der Waals surface area (Å²) in [7, 11) is 0. The Balaban J connectivity index is 1.78. The highest BCUT2D eigenvalue weighted by Gasteiger charge is 2.27. The summed E-state index contributed by atoms with van der Waals surface area (Å²) in [4.78, 5) is 2.63. The van der Waals surface area contributed by atoms with Gasteiger partial charge in [0.1, 0.15) is 5.75 Å². The number of piperidine rings is 1. The molecule has 0 radical (unpaired) electrons. The van der Waals surface area contributed by atoms with Crippen LogP contribution in [0.3, 0.4) is 0 Å². The van der Waals surface area contributed by atoms with Crippen molar-refractivity contribution in [3.05, 3.63) is 29.8 Å². The lowest BCUT2D eigenvalue weighted by atomic mass is 9.82.